The first kappa shape index (κ1) is 22.4. The van der Waals surface area contributed by atoms with Gasteiger partial charge in [-0.2, -0.15) is 0 Å². The Hall–Kier alpha value is -0.850. The third-order valence-electron chi connectivity index (χ3n) is 5.75. The third kappa shape index (κ3) is 10.3. The van der Waals surface area contributed by atoms with E-state index in [9.17, 15) is 0 Å². The van der Waals surface area contributed by atoms with E-state index < -0.39 is 0 Å². The number of aliphatic imine (C=N–C) groups is 1. The molecule has 0 spiro atoms. The molecule has 0 aliphatic carbocycles. The molecule has 2 N–H and O–H groups in total. The van der Waals surface area contributed by atoms with Crippen LogP contribution in [0.1, 0.15) is 51.9 Å². The number of likely N-dealkylation sites (tertiary alicyclic amines) is 1. The van der Waals surface area contributed by atoms with Gasteiger partial charge in [0.05, 0.1) is 0 Å². The zero-order valence-electron chi connectivity index (χ0n) is 17.7. The molecule has 2 saturated heterocycles. The van der Waals surface area contributed by atoms with Gasteiger partial charge >= 0.3 is 0 Å². The largest absolute Gasteiger partial charge is 0.381 e. The molecule has 2 fully saturated rings. The third-order valence-corrected chi connectivity index (χ3v) is 5.75. The van der Waals surface area contributed by atoms with Crippen molar-refractivity contribution in [3.8, 4) is 0 Å². The van der Waals surface area contributed by atoms with E-state index in [1.807, 2.05) is 7.05 Å². The SMILES string of the molecule is CN=C(NCCCCN1CCC(C)CC1)NCCCOCC1CCOCC1. The van der Waals surface area contributed by atoms with Gasteiger partial charge in [0, 0.05) is 46.6 Å². The highest BCUT2D eigenvalue weighted by atomic mass is 16.5. The lowest BCUT2D eigenvalue weighted by Crippen LogP contribution is -2.39. The Bertz CT molecular complexity index is 392. The second kappa shape index (κ2) is 14.2. The fraction of sp³-hybridized carbons (Fsp3) is 0.952. The van der Waals surface area contributed by atoms with Crippen LogP contribution in [0.25, 0.3) is 0 Å². The van der Waals surface area contributed by atoms with Crippen LogP contribution in [0.2, 0.25) is 0 Å². The summed E-state index contributed by atoms with van der Waals surface area (Å²) in [6.07, 6.45) is 8.50. The first-order chi connectivity index (χ1) is 13.3. The lowest BCUT2D eigenvalue weighted by atomic mass is 9.99. The van der Waals surface area contributed by atoms with Crippen molar-refractivity contribution >= 4 is 5.96 Å². The van der Waals surface area contributed by atoms with Crippen molar-refractivity contribution < 1.29 is 9.47 Å². The van der Waals surface area contributed by atoms with Crippen molar-refractivity contribution in [2.75, 3.05) is 66.2 Å². The standard InChI is InChI=1S/C21H42N4O2/c1-19-6-13-25(14-7-19)12-4-3-10-23-21(22-2)24-11-5-15-27-18-20-8-16-26-17-9-20/h19-20H,3-18H2,1-2H3,(H2,22,23,24). The maximum absolute atomic E-state index is 5.81. The maximum Gasteiger partial charge on any atom is 0.190 e. The zero-order chi connectivity index (χ0) is 19.2. The number of ether oxygens (including phenoxy) is 2. The van der Waals surface area contributed by atoms with Crippen molar-refractivity contribution in [2.45, 2.75) is 51.9 Å². The maximum atomic E-state index is 5.81. The number of piperidine rings is 1. The van der Waals surface area contributed by atoms with Crippen LogP contribution in [0.15, 0.2) is 4.99 Å². The smallest absolute Gasteiger partial charge is 0.190 e. The van der Waals surface area contributed by atoms with Crippen molar-refractivity contribution in [1.82, 2.24) is 15.5 Å². The van der Waals surface area contributed by atoms with Crippen molar-refractivity contribution in [1.29, 1.82) is 0 Å². The Balaban J connectivity index is 1.39. The molecular formula is C21H42N4O2. The predicted octanol–water partition coefficient (Wildman–Crippen LogP) is 2.50. The van der Waals surface area contributed by atoms with E-state index in [-0.39, 0.29) is 0 Å². The normalized spacial score (nSPS) is 20.7. The average Bonchev–Trinajstić information content (AvgIpc) is 2.71. The number of hydrogen-bond acceptors (Lipinski definition) is 4. The molecular weight excluding hydrogens is 340 g/mol. The molecule has 0 aromatic heterocycles. The van der Waals surface area contributed by atoms with E-state index in [0.29, 0.717) is 5.92 Å². The molecule has 6 heteroatoms. The Kier molecular flexibility index (Phi) is 11.8. The van der Waals surface area contributed by atoms with E-state index in [2.05, 4.69) is 27.4 Å². The zero-order valence-corrected chi connectivity index (χ0v) is 17.7. The van der Waals surface area contributed by atoms with Gasteiger partial charge in [-0.15, -0.1) is 0 Å². The summed E-state index contributed by atoms with van der Waals surface area (Å²) in [7, 11) is 1.84. The van der Waals surface area contributed by atoms with E-state index >= 15 is 0 Å². The lowest BCUT2D eigenvalue weighted by molar-refractivity contribution is 0.0203. The molecule has 2 rings (SSSR count). The van der Waals surface area contributed by atoms with E-state index in [0.717, 1.165) is 70.7 Å². The van der Waals surface area contributed by atoms with Crippen LogP contribution in [0.5, 0.6) is 0 Å². The molecule has 0 saturated carbocycles. The molecule has 0 aromatic rings. The number of unbranched alkanes of at least 4 members (excludes halogenated alkanes) is 1. The number of rotatable bonds is 11. The summed E-state index contributed by atoms with van der Waals surface area (Å²) in [4.78, 5) is 6.92. The summed E-state index contributed by atoms with van der Waals surface area (Å²) >= 11 is 0. The molecule has 0 amide bonds. The molecule has 27 heavy (non-hydrogen) atoms. The van der Waals surface area contributed by atoms with Crippen molar-refractivity contribution in [3.05, 3.63) is 0 Å². The summed E-state index contributed by atoms with van der Waals surface area (Å²) < 4.78 is 11.2. The Morgan fingerprint density at radius 3 is 2.44 bits per heavy atom. The second-order valence-corrected chi connectivity index (χ2v) is 8.14. The Morgan fingerprint density at radius 1 is 1.04 bits per heavy atom. The molecule has 0 radical (unpaired) electrons. The van der Waals surface area contributed by atoms with Gasteiger partial charge in [-0.3, -0.25) is 4.99 Å². The van der Waals surface area contributed by atoms with Crippen LogP contribution in [-0.4, -0.2) is 77.1 Å². The number of nitrogens with one attached hydrogen (secondary N) is 2. The number of nitrogens with zero attached hydrogens (tertiary/aromatic N) is 2. The quantitative estimate of drug-likeness (QED) is 0.327. The Labute approximate surface area is 166 Å². The van der Waals surface area contributed by atoms with Crippen molar-refractivity contribution in [3.63, 3.8) is 0 Å². The van der Waals surface area contributed by atoms with Gasteiger partial charge in [0.1, 0.15) is 0 Å². The first-order valence-corrected chi connectivity index (χ1v) is 11.1. The van der Waals surface area contributed by atoms with Gasteiger partial charge in [0.25, 0.3) is 0 Å². The van der Waals surface area contributed by atoms with E-state index in [1.54, 1.807) is 0 Å². The highest BCUT2D eigenvalue weighted by Crippen LogP contribution is 2.16. The van der Waals surface area contributed by atoms with Gasteiger partial charge in [-0.1, -0.05) is 6.92 Å². The van der Waals surface area contributed by atoms with Crippen LogP contribution >= 0.6 is 0 Å². The summed E-state index contributed by atoms with van der Waals surface area (Å²) in [5, 5.41) is 6.80. The topological polar surface area (TPSA) is 58.1 Å². The lowest BCUT2D eigenvalue weighted by Gasteiger charge is -2.30. The van der Waals surface area contributed by atoms with Crippen LogP contribution in [-0.2, 0) is 9.47 Å². The van der Waals surface area contributed by atoms with Crippen LogP contribution < -0.4 is 10.6 Å². The fourth-order valence-corrected chi connectivity index (χ4v) is 3.72. The van der Waals surface area contributed by atoms with Gasteiger partial charge in [0.15, 0.2) is 5.96 Å². The summed E-state index contributed by atoms with van der Waals surface area (Å²) in [6, 6.07) is 0. The van der Waals surface area contributed by atoms with E-state index in [1.165, 1.54) is 45.3 Å². The highest BCUT2D eigenvalue weighted by molar-refractivity contribution is 5.79. The van der Waals surface area contributed by atoms with E-state index in [4.69, 9.17) is 9.47 Å². The molecule has 2 aliphatic rings. The average molecular weight is 383 g/mol. The van der Waals surface area contributed by atoms with Crippen LogP contribution in [0.3, 0.4) is 0 Å². The minimum absolute atomic E-state index is 0.689. The van der Waals surface area contributed by atoms with Crippen LogP contribution in [0.4, 0.5) is 0 Å². The first-order valence-electron chi connectivity index (χ1n) is 11.1. The minimum atomic E-state index is 0.689. The molecule has 6 nitrogen and oxygen atoms in total. The molecule has 0 unspecified atom stereocenters. The van der Waals surface area contributed by atoms with Crippen molar-refractivity contribution in [2.24, 2.45) is 16.8 Å². The van der Waals surface area contributed by atoms with Gasteiger partial charge in [-0.05, 0) is 76.4 Å². The second-order valence-electron chi connectivity index (χ2n) is 8.14. The predicted molar refractivity (Wildman–Crippen MR) is 112 cm³/mol. The monoisotopic (exact) mass is 382 g/mol. The van der Waals surface area contributed by atoms with Crippen LogP contribution in [0, 0.1) is 11.8 Å². The highest BCUT2D eigenvalue weighted by Gasteiger charge is 2.15. The summed E-state index contributed by atoms with van der Waals surface area (Å²) in [5.41, 5.74) is 0. The number of guanidine groups is 1. The van der Waals surface area contributed by atoms with Gasteiger partial charge in [0.2, 0.25) is 0 Å². The Morgan fingerprint density at radius 2 is 1.74 bits per heavy atom. The molecule has 0 bridgehead atoms. The molecule has 2 heterocycles. The summed E-state index contributed by atoms with van der Waals surface area (Å²) in [6.45, 7) is 11.6. The minimum Gasteiger partial charge on any atom is -0.381 e. The molecule has 0 aromatic carbocycles. The fourth-order valence-electron chi connectivity index (χ4n) is 3.72. The molecule has 158 valence electrons. The van der Waals surface area contributed by atoms with Gasteiger partial charge < -0.3 is 25.0 Å². The molecule has 2 aliphatic heterocycles. The molecule has 0 atom stereocenters. The summed E-state index contributed by atoms with van der Waals surface area (Å²) in [5.74, 6) is 2.52. The number of hydrogen-bond donors (Lipinski definition) is 2. The van der Waals surface area contributed by atoms with Gasteiger partial charge in [-0.25, -0.2) is 0 Å².